The minimum absolute atomic E-state index is 0.0345. The minimum atomic E-state index is -0.0345. The molecule has 0 aliphatic rings. The molecule has 0 radical (unpaired) electrons. The third kappa shape index (κ3) is 2.67. The smallest absolute Gasteiger partial charge is 0.197 e. The number of aryl methyl sites for hydroxylation is 1. The maximum Gasteiger partial charge on any atom is 0.197 e. The Morgan fingerprint density at radius 3 is 2.62 bits per heavy atom. The van der Waals surface area contributed by atoms with Crippen LogP contribution in [0.2, 0.25) is 0 Å². The largest absolute Gasteiger partial charge is 0.288 e. The van der Waals surface area contributed by atoms with E-state index < -0.39 is 0 Å². The Morgan fingerprint density at radius 2 is 1.86 bits per heavy atom. The number of hydrogen-bond donors (Lipinski definition) is 0. The van der Waals surface area contributed by atoms with Crippen LogP contribution in [0.1, 0.15) is 21.5 Å². The highest BCUT2D eigenvalue weighted by Crippen LogP contribution is 2.23. The molecule has 2 aromatic carbocycles. The zero-order valence-electron chi connectivity index (χ0n) is 11.5. The molecule has 0 saturated heterocycles. The van der Waals surface area contributed by atoms with E-state index in [9.17, 15) is 4.79 Å². The van der Waals surface area contributed by atoms with E-state index in [1.807, 2.05) is 55.5 Å². The molecule has 0 fully saturated rings. The van der Waals surface area contributed by atoms with E-state index in [1.165, 1.54) is 0 Å². The summed E-state index contributed by atoms with van der Waals surface area (Å²) in [5.74, 6) is -0.0345. The van der Waals surface area contributed by atoms with Gasteiger partial charge in [0.15, 0.2) is 5.78 Å². The first-order valence-electron chi connectivity index (χ1n) is 6.57. The highest BCUT2D eigenvalue weighted by molar-refractivity contribution is 9.10. The fraction of sp³-hybridized carbons (Fsp3) is 0.0588. The van der Waals surface area contributed by atoms with Crippen molar-refractivity contribution in [1.29, 1.82) is 0 Å². The lowest BCUT2D eigenvalue weighted by Crippen LogP contribution is -2.02. The standard InChI is InChI=1S/C17H13BrN2O/c1-12-6-5-9-15(16(12)18)17(21)13-10-19-20(11-13)14-7-3-2-4-8-14/h2-11H,1H3. The molecule has 21 heavy (non-hydrogen) atoms. The molecule has 3 nitrogen and oxygen atoms in total. The molecule has 3 aromatic rings. The number of nitrogens with zero attached hydrogens (tertiary/aromatic N) is 2. The second-order valence-corrected chi connectivity index (χ2v) is 5.57. The van der Waals surface area contributed by atoms with Crippen LogP contribution in [0.3, 0.4) is 0 Å². The van der Waals surface area contributed by atoms with Gasteiger partial charge in [0.1, 0.15) is 0 Å². The summed E-state index contributed by atoms with van der Waals surface area (Å²) >= 11 is 3.48. The normalized spacial score (nSPS) is 10.6. The maximum absolute atomic E-state index is 12.6. The molecule has 0 aliphatic carbocycles. The molecule has 0 bridgehead atoms. The first-order valence-corrected chi connectivity index (χ1v) is 7.36. The topological polar surface area (TPSA) is 34.9 Å². The van der Waals surface area contributed by atoms with Crippen LogP contribution >= 0.6 is 15.9 Å². The van der Waals surface area contributed by atoms with Gasteiger partial charge in [-0.05, 0) is 46.6 Å². The highest BCUT2D eigenvalue weighted by Gasteiger charge is 2.15. The van der Waals surface area contributed by atoms with Crippen LogP contribution in [0, 0.1) is 6.92 Å². The molecule has 0 atom stereocenters. The van der Waals surface area contributed by atoms with Gasteiger partial charge in [0, 0.05) is 16.2 Å². The van der Waals surface area contributed by atoms with Crippen LogP contribution in [0.5, 0.6) is 0 Å². The van der Waals surface area contributed by atoms with Gasteiger partial charge in [-0.2, -0.15) is 5.10 Å². The van der Waals surface area contributed by atoms with Gasteiger partial charge in [-0.25, -0.2) is 4.68 Å². The number of hydrogen-bond acceptors (Lipinski definition) is 2. The van der Waals surface area contributed by atoms with Crippen molar-refractivity contribution in [1.82, 2.24) is 9.78 Å². The van der Waals surface area contributed by atoms with Gasteiger partial charge in [-0.15, -0.1) is 0 Å². The zero-order valence-corrected chi connectivity index (χ0v) is 13.0. The predicted octanol–water partition coefficient (Wildman–Crippen LogP) is 4.17. The van der Waals surface area contributed by atoms with Crippen LogP contribution in [-0.4, -0.2) is 15.6 Å². The van der Waals surface area contributed by atoms with Gasteiger partial charge < -0.3 is 0 Å². The van der Waals surface area contributed by atoms with Crippen molar-refractivity contribution in [2.75, 3.05) is 0 Å². The second-order valence-electron chi connectivity index (χ2n) is 4.77. The molecule has 3 rings (SSSR count). The van der Waals surface area contributed by atoms with Gasteiger partial charge in [0.25, 0.3) is 0 Å². The first-order chi connectivity index (χ1) is 10.2. The Balaban J connectivity index is 1.97. The van der Waals surface area contributed by atoms with Crippen LogP contribution in [-0.2, 0) is 0 Å². The van der Waals surface area contributed by atoms with Crippen molar-refractivity contribution in [2.45, 2.75) is 6.92 Å². The minimum Gasteiger partial charge on any atom is -0.288 e. The Bertz CT molecular complexity index is 794. The van der Waals surface area contributed by atoms with E-state index in [2.05, 4.69) is 21.0 Å². The Morgan fingerprint density at radius 1 is 1.10 bits per heavy atom. The molecule has 1 aromatic heterocycles. The Labute approximate surface area is 131 Å². The molecule has 4 heteroatoms. The lowest BCUT2D eigenvalue weighted by molar-refractivity contribution is 0.103. The van der Waals surface area contributed by atoms with Crippen LogP contribution in [0.15, 0.2) is 65.4 Å². The summed E-state index contributed by atoms with van der Waals surface area (Å²) in [5, 5.41) is 4.27. The molecule has 104 valence electrons. The van der Waals surface area contributed by atoms with E-state index in [1.54, 1.807) is 17.1 Å². The summed E-state index contributed by atoms with van der Waals surface area (Å²) in [7, 11) is 0. The molecular weight excluding hydrogens is 328 g/mol. The third-order valence-electron chi connectivity index (χ3n) is 3.30. The van der Waals surface area contributed by atoms with Crippen molar-refractivity contribution in [3.05, 3.63) is 82.1 Å². The molecule has 0 aliphatic heterocycles. The molecular formula is C17H13BrN2O. The number of carbonyl (C=O) groups is 1. The highest BCUT2D eigenvalue weighted by atomic mass is 79.9. The quantitative estimate of drug-likeness (QED) is 0.670. The summed E-state index contributed by atoms with van der Waals surface area (Å²) in [6, 6.07) is 15.4. The number of carbonyl (C=O) groups excluding carboxylic acids is 1. The van der Waals surface area contributed by atoms with Gasteiger partial charge in [0.05, 0.1) is 17.4 Å². The van der Waals surface area contributed by atoms with Gasteiger partial charge in [-0.1, -0.05) is 30.3 Å². The number of para-hydroxylation sites is 1. The zero-order chi connectivity index (χ0) is 14.8. The lowest BCUT2D eigenvalue weighted by Gasteiger charge is -2.04. The molecule has 0 N–H and O–H groups in total. The summed E-state index contributed by atoms with van der Waals surface area (Å²) in [6.45, 7) is 1.97. The Hall–Kier alpha value is -2.20. The summed E-state index contributed by atoms with van der Waals surface area (Å²) < 4.78 is 2.54. The fourth-order valence-corrected chi connectivity index (χ4v) is 2.58. The van der Waals surface area contributed by atoms with Crippen LogP contribution in [0.25, 0.3) is 5.69 Å². The molecule has 0 saturated carbocycles. The van der Waals surface area contributed by atoms with Gasteiger partial charge >= 0.3 is 0 Å². The summed E-state index contributed by atoms with van der Waals surface area (Å²) in [5.41, 5.74) is 3.20. The summed E-state index contributed by atoms with van der Waals surface area (Å²) in [6.07, 6.45) is 3.36. The van der Waals surface area contributed by atoms with E-state index in [0.717, 1.165) is 15.7 Å². The van der Waals surface area contributed by atoms with Crippen LogP contribution in [0.4, 0.5) is 0 Å². The molecule has 1 heterocycles. The first kappa shape index (κ1) is 13.8. The monoisotopic (exact) mass is 340 g/mol. The Kier molecular flexibility index (Phi) is 3.71. The number of benzene rings is 2. The molecule has 0 amide bonds. The van der Waals surface area contributed by atoms with Crippen molar-refractivity contribution >= 4 is 21.7 Å². The van der Waals surface area contributed by atoms with E-state index in [-0.39, 0.29) is 5.78 Å². The number of aromatic nitrogens is 2. The summed E-state index contributed by atoms with van der Waals surface area (Å²) in [4.78, 5) is 12.6. The van der Waals surface area contributed by atoms with Crippen molar-refractivity contribution in [3.63, 3.8) is 0 Å². The molecule has 0 unspecified atom stereocenters. The predicted molar refractivity (Wildman–Crippen MR) is 85.9 cm³/mol. The number of halogens is 1. The maximum atomic E-state index is 12.6. The third-order valence-corrected chi connectivity index (χ3v) is 4.35. The van der Waals surface area contributed by atoms with Crippen molar-refractivity contribution in [2.24, 2.45) is 0 Å². The SMILES string of the molecule is Cc1cccc(C(=O)c2cnn(-c3ccccc3)c2)c1Br. The number of rotatable bonds is 3. The average molecular weight is 341 g/mol. The number of ketones is 1. The van der Waals surface area contributed by atoms with Crippen molar-refractivity contribution < 1.29 is 4.79 Å². The second kappa shape index (κ2) is 5.66. The lowest BCUT2D eigenvalue weighted by atomic mass is 10.0. The fourth-order valence-electron chi connectivity index (χ4n) is 2.14. The van der Waals surface area contributed by atoms with E-state index in [0.29, 0.717) is 11.1 Å². The van der Waals surface area contributed by atoms with Crippen molar-refractivity contribution in [3.8, 4) is 5.69 Å². The van der Waals surface area contributed by atoms with Crippen LogP contribution < -0.4 is 0 Å². The average Bonchev–Trinajstić information content (AvgIpc) is 3.00. The van der Waals surface area contributed by atoms with E-state index in [4.69, 9.17) is 0 Å². The van der Waals surface area contributed by atoms with Gasteiger partial charge in [0.2, 0.25) is 0 Å². The molecule has 0 spiro atoms. The van der Waals surface area contributed by atoms with E-state index >= 15 is 0 Å². The van der Waals surface area contributed by atoms with Gasteiger partial charge in [-0.3, -0.25) is 4.79 Å².